The molecule has 2 aliphatic carbocycles. The normalized spacial score (nSPS) is 27.2. The van der Waals surface area contributed by atoms with Crippen LogP contribution in [-0.4, -0.2) is 47.3 Å². The first kappa shape index (κ1) is 21.7. The number of fused-ring (bicyclic) bond motifs is 5. The number of aromatic nitrogens is 1. The first-order chi connectivity index (χ1) is 13.6. The van der Waals surface area contributed by atoms with E-state index in [-0.39, 0.29) is 59.5 Å². The number of allylic oxidation sites excluding steroid dienone is 2. The van der Waals surface area contributed by atoms with E-state index in [2.05, 4.69) is 32.8 Å². The second kappa shape index (κ2) is 9.23. The number of imide groups is 1. The summed E-state index contributed by atoms with van der Waals surface area (Å²) in [5, 5.41) is 6.43. The Morgan fingerprint density at radius 3 is 2.52 bits per heavy atom. The quantitative estimate of drug-likeness (QED) is 0.201. The Hall–Kier alpha value is -1.97. The molecular weight excluding hydrogens is 481 g/mol. The molecule has 2 heterocycles. The number of amides is 2. The monoisotopic (exact) mass is 509 g/mol. The van der Waals surface area contributed by atoms with Gasteiger partial charge < -0.3 is 10.6 Å². The van der Waals surface area contributed by atoms with Crippen LogP contribution in [0.2, 0.25) is 0 Å². The molecule has 1 saturated carbocycles. The van der Waals surface area contributed by atoms with Gasteiger partial charge in [0.15, 0.2) is 5.96 Å². The highest BCUT2D eigenvalue weighted by Crippen LogP contribution is 2.52. The predicted octanol–water partition coefficient (Wildman–Crippen LogP) is 1.87. The molecule has 29 heavy (non-hydrogen) atoms. The lowest BCUT2D eigenvalue weighted by Crippen LogP contribution is -2.43. The smallest absolute Gasteiger partial charge is 0.233 e. The van der Waals surface area contributed by atoms with Crippen molar-refractivity contribution in [3.05, 3.63) is 41.7 Å². The zero-order valence-corrected chi connectivity index (χ0v) is 19.1. The lowest BCUT2D eigenvalue weighted by molar-refractivity contribution is -0.140. The topological polar surface area (TPSA) is 86.7 Å². The number of hydrogen-bond donors (Lipinski definition) is 2. The molecule has 156 valence electrons. The third-order valence-electron chi connectivity index (χ3n) is 6.04. The Balaban J connectivity index is 0.00000240. The first-order valence-corrected chi connectivity index (χ1v) is 10.1. The van der Waals surface area contributed by atoms with Crippen LogP contribution in [0.4, 0.5) is 0 Å². The van der Waals surface area contributed by atoms with Crippen LogP contribution < -0.4 is 10.6 Å². The van der Waals surface area contributed by atoms with Gasteiger partial charge in [-0.05, 0) is 43.7 Å². The van der Waals surface area contributed by atoms with E-state index in [0.717, 1.165) is 24.2 Å². The Bertz CT molecular complexity index is 810. The molecule has 1 saturated heterocycles. The average molecular weight is 509 g/mol. The summed E-state index contributed by atoms with van der Waals surface area (Å²) in [6.07, 6.45) is 6.97. The Morgan fingerprint density at radius 2 is 1.90 bits per heavy atom. The molecule has 2 bridgehead atoms. The number of rotatable bonds is 6. The summed E-state index contributed by atoms with van der Waals surface area (Å²) in [6, 6.07) is 3.93. The van der Waals surface area contributed by atoms with Crippen molar-refractivity contribution in [2.45, 2.75) is 26.8 Å². The van der Waals surface area contributed by atoms with Crippen LogP contribution in [0.5, 0.6) is 0 Å². The van der Waals surface area contributed by atoms with Gasteiger partial charge in [-0.2, -0.15) is 0 Å². The van der Waals surface area contributed by atoms with Crippen molar-refractivity contribution < 1.29 is 9.59 Å². The first-order valence-electron chi connectivity index (χ1n) is 10.1. The van der Waals surface area contributed by atoms with E-state index >= 15 is 0 Å². The van der Waals surface area contributed by atoms with Crippen molar-refractivity contribution in [3.8, 4) is 0 Å². The van der Waals surface area contributed by atoms with E-state index in [1.54, 1.807) is 6.20 Å². The van der Waals surface area contributed by atoms with Gasteiger partial charge in [-0.3, -0.25) is 19.5 Å². The number of carbonyl (C=O) groups excluding carboxylic acids is 2. The van der Waals surface area contributed by atoms with Crippen molar-refractivity contribution in [1.29, 1.82) is 0 Å². The average Bonchev–Trinajstić information content (AvgIpc) is 3.36. The molecule has 0 radical (unpaired) electrons. The fourth-order valence-electron chi connectivity index (χ4n) is 4.65. The standard InChI is InChI=1S/C21H27N5O2.HI/c1-3-22-21(25-12-16-13(2)5-4-8-23-16)24-9-10-26-19(27)17-14-6-7-15(11-14)18(17)20(26)28;/h4-8,14-15,17-18H,3,9-12H2,1-2H3,(H2,22,24,25);1H. The van der Waals surface area contributed by atoms with Gasteiger partial charge in [0, 0.05) is 25.8 Å². The number of nitrogens with zero attached hydrogens (tertiary/aromatic N) is 3. The van der Waals surface area contributed by atoms with Gasteiger partial charge in [0.05, 0.1) is 24.1 Å². The fraction of sp³-hybridized carbons (Fsp3) is 0.524. The van der Waals surface area contributed by atoms with Crippen LogP contribution in [0.3, 0.4) is 0 Å². The lowest BCUT2D eigenvalue weighted by Gasteiger charge is -2.18. The fourth-order valence-corrected chi connectivity index (χ4v) is 4.65. The van der Waals surface area contributed by atoms with Gasteiger partial charge in [0.1, 0.15) is 0 Å². The Morgan fingerprint density at radius 1 is 1.21 bits per heavy atom. The van der Waals surface area contributed by atoms with E-state index in [1.807, 2.05) is 26.0 Å². The lowest BCUT2D eigenvalue weighted by atomic mass is 9.85. The van der Waals surface area contributed by atoms with Gasteiger partial charge in [-0.15, -0.1) is 24.0 Å². The van der Waals surface area contributed by atoms with Gasteiger partial charge in [-0.25, -0.2) is 4.99 Å². The number of likely N-dealkylation sites (tertiary alicyclic amines) is 1. The maximum absolute atomic E-state index is 12.7. The third-order valence-corrected chi connectivity index (χ3v) is 6.04. The van der Waals surface area contributed by atoms with Crippen molar-refractivity contribution in [3.63, 3.8) is 0 Å². The summed E-state index contributed by atoms with van der Waals surface area (Å²) in [7, 11) is 0. The van der Waals surface area contributed by atoms with Crippen molar-refractivity contribution >= 4 is 41.8 Å². The summed E-state index contributed by atoms with van der Waals surface area (Å²) in [5.74, 6) is 0.913. The van der Waals surface area contributed by atoms with E-state index in [4.69, 9.17) is 0 Å². The minimum Gasteiger partial charge on any atom is -0.357 e. The van der Waals surface area contributed by atoms with Gasteiger partial charge >= 0.3 is 0 Å². The molecule has 7 nitrogen and oxygen atoms in total. The molecule has 2 fully saturated rings. The number of pyridine rings is 1. The van der Waals surface area contributed by atoms with Crippen molar-refractivity contribution in [2.24, 2.45) is 28.7 Å². The molecule has 3 aliphatic rings. The largest absolute Gasteiger partial charge is 0.357 e. The van der Waals surface area contributed by atoms with E-state index in [0.29, 0.717) is 25.6 Å². The van der Waals surface area contributed by atoms with Crippen LogP contribution >= 0.6 is 24.0 Å². The van der Waals surface area contributed by atoms with Crippen LogP contribution in [0, 0.1) is 30.6 Å². The van der Waals surface area contributed by atoms with Crippen LogP contribution in [-0.2, 0) is 16.1 Å². The van der Waals surface area contributed by atoms with Gasteiger partial charge in [-0.1, -0.05) is 18.2 Å². The number of carbonyl (C=O) groups is 2. The molecule has 2 amide bonds. The summed E-state index contributed by atoms with van der Waals surface area (Å²) >= 11 is 0. The van der Waals surface area contributed by atoms with E-state index in [1.165, 1.54) is 4.90 Å². The highest BCUT2D eigenvalue weighted by molar-refractivity contribution is 14.0. The van der Waals surface area contributed by atoms with E-state index < -0.39 is 0 Å². The second-order valence-electron chi connectivity index (χ2n) is 7.72. The number of nitrogens with one attached hydrogen (secondary N) is 2. The number of hydrogen-bond acceptors (Lipinski definition) is 4. The zero-order valence-electron chi connectivity index (χ0n) is 16.8. The minimum atomic E-state index is -0.128. The highest BCUT2D eigenvalue weighted by Gasteiger charge is 2.58. The predicted molar refractivity (Wildman–Crippen MR) is 122 cm³/mol. The molecule has 1 aliphatic heterocycles. The minimum absolute atomic E-state index is 0. The maximum Gasteiger partial charge on any atom is 0.233 e. The summed E-state index contributed by atoms with van der Waals surface area (Å²) < 4.78 is 0. The number of guanidine groups is 1. The van der Waals surface area contributed by atoms with Gasteiger partial charge in [0.2, 0.25) is 11.8 Å². The van der Waals surface area contributed by atoms with Crippen molar-refractivity contribution in [2.75, 3.05) is 19.6 Å². The van der Waals surface area contributed by atoms with Crippen molar-refractivity contribution in [1.82, 2.24) is 20.5 Å². The molecular formula is C21H28IN5O2. The zero-order chi connectivity index (χ0) is 19.7. The molecule has 0 spiro atoms. The van der Waals surface area contributed by atoms with Crippen LogP contribution in [0.15, 0.2) is 35.5 Å². The third kappa shape index (κ3) is 4.17. The summed E-state index contributed by atoms with van der Waals surface area (Å²) in [6.45, 7) is 6.07. The molecule has 1 aromatic heterocycles. The molecule has 0 aromatic carbocycles. The highest BCUT2D eigenvalue weighted by atomic mass is 127. The number of aliphatic imine (C=N–C) groups is 1. The summed E-state index contributed by atoms with van der Waals surface area (Å²) in [4.78, 5) is 35.8. The maximum atomic E-state index is 12.7. The Kier molecular flexibility index (Phi) is 6.92. The van der Waals surface area contributed by atoms with Crippen LogP contribution in [0.25, 0.3) is 0 Å². The Labute approximate surface area is 188 Å². The molecule has 2 N–H and O–H groups in total. The van der Waals surface area contributed by atoms with Gasteiger partial charge in [0.25, 0.3) is 0 Å². The van der Waals surface area contributed by atoms with Crippen LogP contribution in [0.1, 0.15) is 24.6 Å². The number of halogens is 1. The van der Waals surface area contributed by atoms with E-state index in [9.17, 15) is 9.59 Å². The molecule has 8 heteroatoms. The molecule has 1 aromatic rings. The molecule has 4 unspecified atom stereocenters. The molecule has 4 atom stereocenters. The summed E-state index contributed by atoms with van der Waals surface area (Å²) in [5.41, 5.74) is 2.03. The molecule has 4 rings (SSSR count). The number of aryl methyl sites for hydroxylation is 1. The second-order valence-corrected chi connectivity index (χ2v) is 7.72. The SMILES string of the molecule is CCNC(=NCc1ncccc1C)NCCN1C(=O)C2C3C=CC(C3)C2C1=O.I.